The number of nitrogens with one attached hydrogen (secondary N) is 1. The van der Waals surface area contributed by atoms with Crippen molar-refractivity contribution in [3.63, 3.8) is 0 Å². The monoisotopic (exact) mass is 387 g/mol. The summed E-state index contributed by atoms with van der Waals surface area (Å²) in [6.07, 6.45) is 0. The molecular formula is C21H29N3O2S. The first kappa shape index (κ1) is 19.7. The molecule has 1 heterocycles. The van der Waals surface area contributed by atoms with Gasteiger partial charge in [0.15, 0.2) is 0 Å². The van der Waals surface area contributed by atoms with Crippen LogP contribution < -0.4 is 9.62 Å². The molecule has 0 atom stereocenters. The number of anilines is 2. The second kappa shape index (κ2) is 8.31. The lowest BCUT2D eigenvalue weighted by atomic mass is 10.2. The van der Waals surface area contributed by atoms with Crippen LogP contribution in [0.4, 0.5) is 11.4 Å². The first-order valence-electron chi connectivity index (χ1n) is 9.47. The molecule has 0 saturated carbocycles. The van der Waals surface area contributed by atoms with Crippen LogP contribution in [-0.4, -0.2) is 45.5 Å². The van der Waals surface area contributed by atoms with Crippen LogP contribution in [0.25, 0.3) is 0 Å². The molecule has 5 nitrogen and oxygen atoms in total. The van der Waals surface area contributed by atoms with E-state index in [0.29, 0.717) is 11.7 Å². The number of hydrogen-bond donors (Lipinski definition) is 1. The van der Waals surface area contributed by atoms with Crippen molar-refractivity contribution in [1.29, 1.82) is 0 Å². The normalized spacial score (nSPS) is 15.9. The Balaban J connectivity index is 1.59. The molecule has 0 aromatic heterocycles. The number of benzene rings is 2. The summed E-state index contributed by atoms with van der Waals surface area (Å²) in [7, 11) is -3.43. The molecule has 2 aromatic carbocycles. The van der Waals surface area contributed by atoms with Gasteiger partial charge in [-0.3, -0.25) is 9.62 Å². The first-order chi connectivity index (χ1) is 12.8. The van der Waals surface area contributed by atoms with Gasteiger partial charge in [-0.1, -0.05) is 29.8 Å². The minimum Gasteiger partial charge on any atom is -0.369 e. The van der Waals surface area contributed by atoms with E-state index in [-0.39, 0.29) is 5.75 Å². The van der Waals surface area contributed by atoms with Gasteiger partial charge in [0.1, 0.15) is 0 Å². The van der Waals surface area contributed by atoms with Gasteiger partial charge in [0.25, 0.3) is 0 Å². The van der Waals surface area contributed by atoms with Gasteiger partial charge in [0.05, 0.1) is 5.75 Å². The van der Waals surface area contributed by atoms with Gasteiger partial charge < -0.3 is 4.90 Å². The van der Waals surface area contributed by atoms with Crippen LogP contribution in [0.3, 0.4) is 0 Å². The number of nitrogens with zero attached hydrogens (tertiary/aromatic N) is 2. The van der Waals surface area contributed by atoms with Crippen molar-refractivity contribution in [2.24, 2.45) is 0 Å². The molecule has 1 N–H and O–H groups in total. The lowest BCUT2D eigenvalue weighted by Gasteiger charge is -2.38. The summed E-state index contributed by atoms with van der Waals surface area (Å²) in [5.41, 5.74) is 3.65. The second-order valence-corrected chi connectivity index (χ2v) is 9.23. The van der Waals surface area contributed by atoms with Gasteiger partial charge in [-0.2, -0.15) is 0 Å². The van der Waals surface area contributed by atoms with E-state index >= 15 is 0 Å². The summed E-state index contributed by atoms with van der Waals surface area (Å²) in [6, 6.07) is 15.8. The van der Waals surface area contributed by atoms with Crippen LogP contribution in [0.5, 0.6) is 0 Å². The van der Waals surface area contributed by atoms with Gasteiger partial charge in [0, 0.05) is 43.6 Å². The molecule has 2 aromatic rings. The minimum atomic E-state index is -3.43. The van der Waals surface area contributed by atoms with Gasteiger partial charge in [0.2, 0.25) is 10.0 Å². The summed E-state index contributed by atoms with van der Waals surface area (Å²) >= 11 is 0. The van der Waals surface area contributed by atoms with Crippen molar-refractivity contribution in [3.05, 3.63) is 59.7 Å². The lowest BCUT2D eigenvalue weighted by molar-refractivity contribution is 0.209. The molecular weight excluding hydrogens is 358 g/mol. The molecule has 27 heavy (non-hydrogen) atoms. The highest BCUT2D eigenvalue weighted by Gasteiger charge is 2.19. The summed E-state index contributed by atoms with van der Waals surface area (Å²) < 4.78 is 27.5. The summed E-state index contributed by atoms with van der Waals surface area (Å²) in [5, 5.41) is 0. The van der Waals surface area contributed by atoms with E-state index in [1.807, 2.05) is 55.5 Å². The Morgan fingerprint density at radius 1 is 0.926 bits per heavy atom. The maximum atomic E-state index is 12.4. The number of hydrogen-bond acceptors (Lipinski definition) is 4. The van der Waals surface area contributed by atoms with Crippen molar-refractivity contribution < 1.29 is 8.42 Å². The molecule has 1 fully saturated rings. The topological polar surface area (TPSA) is 52.7 Å². The van der Waals surface area contributed by atoms with Crippen LogP contribution >= 0.6 is 0 Å². The maximum absolute atomic E-state index is 12.4. The summed E-state index contributed by atoms with van der Waals surface area (Å²) in [6.45, 7) is 10.6. The van der Waals surface area contributed by atoms with Crippen LogP contribution in [0.1, 0.15) is 25.0 Å². The quantitative estimate of drug-likeness (QED) is 0.825. The molecule has 1 aliphatic heterocycles. The SMILES string of the molecule is Cc1ccc(CS(=O)(=O)Nc2ccc(N3CCN(C(C)C)CC3)cc2)cc1. The zero-order chi connectivity index (χ0) is 19.4. The van der Waals surface area contributed by atoms with Gasteiger partial charge in [-0.25, -0.2) is 8.42 Å². The minimum absolute atomic E-state index is 0.0216. The smallest absolute Gasteiger partial charge is 0.236 e. The fourth-order valence-corrected chi connectivity index (χ4v) is 4.55. The predicted molar refractivity (Wildman–Crippen MR) is 113 cm³/mol. The Labute approximate surface area is 163 Å². The maximum Gasteiger partial charge on any atom is 0.236 e. The molecule has 1 saturated heterocycles. The molecule has 0 amide bonds. The van der Waals surface area contributed by atoms with Gasteiger partial charge in [-0.15, -0.1) is 0 Å². The zero-order valence-electron chi connectivity index (χ0n) is 16.4. The van der Waals surface area contributed by atoms with Crippen molar-refractivity contribution in [3.8, 4) is 0 Å². The Bertz CT molecular complexity index is 838. The van der Waals surface area contributed by atoms with Crippen LogP contribution in [-0.2, 0) is 15.8 Å². The Hall–Kier alpha value is -2.05. The third kappa shape index (κ3) is 5.47. The highest BCUT2D eigenvalue weighted by molar-refractivity contribution is 7.91. The van der Waals surface area contributed by atoms with E-state index in [9.17, 15) is 8.42 Å². The number of sulfonamides is 1. The van der Waals surface area contributed by atoms with E-state index in [1.54, 1.807) is 0 Å². The standard InChI is InChI=1S/C21H29N3O2S/c1-17(2)23-12-14-24(15-13-23)21-10-8-20(9-11-21)22-27(25,26)16-19-6-4-18(3)5-7-19/h4-11,17,22H,12-16H2,1-3H3. The molecule has 0 spiro atoms. The average Bonchev–Trinajstić information content (AvgIpc) is 2.64. The summed E-state index contributed by atoms with van der Waals surface area (Å²) in [5.74, 6) is -0.0216. The zero-order valence-corrected chi connectivity index (χ0v) is 17.2. The predicted octanol–water partition coefficient (Wildman–Crippen LogP) is 3.47. The van der Waals surface area contributed by atoms with Crippen LogP contribution in [0, 0.1) is 6.92 Å². The Kier molecular flexibility index (Phi) is 6.07. The fourth-order valence-electron chi connectivity index (χ4n) is 3.36. The number of piperazine rings is 1. The van der Waals surface area contributed by atoms with Crippen molar-refractivity contribution in [1.82, 2.24) is 4.90 Å². The Morgan fingerprint density at radius 2 is 1.52 bits per heavy atom. The second-order valence-electron chi connectivity index (χ2n) is 7.51. The fraction of sp³-hybridized carbons (Fsp3) is 0.429. The molecule has 0 radical (unpaired) electrons. The van der Waals surface area contributed by atoms with E-state index in [2.05, 4.69) is 28.4 Å². The van der Waals surface area contributed by atoms with E-state index < -0.39 is 10.0 Å². The average molecular weight is 388 g/mol. The largest absolute Gasteiger partial charge is 0.369 e. The van der Waals surface area contributed by atoms with Crippen molar-refractivity contribution in [2.75, 3.05) is 35.8 Å². The molecule has 6 heteroatoms. The highest BCUT2D eigenvalue weighted by Crippen LogP contribution is 2.21. The van der Waals surface area contributed by atoms with E-state index in [1.165, 1.54) is 0 Å². The lowest BCUT2D eigenvalue weighted by Crippen LogP contribution is -2.48. The number of aryl methyl sites for hydroxylation is 1. The summed E-state index contributed by atoms with van der Waals surface area (Å²) in [4.78, 5) is 4.83. The molecule has 1 aliphatic rings. The van der Waals surface area contributed by atoms with Crippen molar-refractivity contribution >= 4 is 21.4 Å². The van der Waals surface area contributed by atoms with Gasteiger partial charge >= 0.3 is 0 Å². The van der Waals surface area contributed by atoms with E-state index in [4.69, 9.17) is 0 Å². The third-order valence-electron chi connectivity index (χ3n) is 5.03. The number of rotatable bonds is 6. The molecule has 3 rings (SSSR count). The molecule has 0 unspecified atom stereocenters. The molecule has 146 valence electrons. The van der Waals surface area contributed by atoms with Crippen LogP contribution in [0.2, 0.25) is 0 Å². The van der Waals surface area contributed by atoms with E-state index in [0.717, 1.165) is 43.0 Å². The first-order valence-corrected chi connectivity index (χ1v) is 11.1. The van der Waals surface area contributed by atoms with Crippen LogP contribution in [0.15, 0.2) is 48.5 Å². The van der Waals surface area contributed by atoms with Gasteiger partial charge in [-0.05, 0) is 50.6 Å². The highest BCUT2D eigenvalue weighted by atomic mass is 32.2. The third-order valence-corrected chi connectivity index (χ3v) is 6.29. The van der Waals surface area contributed by atoms with Crippen molar-refractivity contribution in [2.45, 2.75) is 32.6 Å². The molecule has 0 bridgehead atoms. The Morgan fingerprint density at radius 3 is 2.07 bits per heavy atom. The molecule has 0 aliphatic carbocycles.